The first-order chi connectivity index (χ1) is 10.9. The third-order valence-corrected chi connectivity index (χ3v) is 3.38. The van der Waals surface area contributed by atoms with E-state index in [9.17, 15) is 0 Å². The lowest BCUT2D eigenvalue weighted by atomic mass is 10.0. The van der Waals surface area contributed by atoms with Gasteiger partial charge in [-0.3, -0.25) is 0 Å². The normalized spacial score (nSPS) is 12.0. The second-order valence-electron chi connectivity index (χ2n) is 4.94. The molecule has 2 aromatic heterocycles. The summed E-state index contributed by atoms with van der Waals surface area (Å²) in [6.45, 7) is 0.566. The van der Waals surface area contributed by atoms with Gasteiger partial charge in [-0.1, -0.05) is 30.3 Å². The molecule has 0 saturated carbocycles. The molecule has 0 radical (unpaired) electrons. The minimum Gasteiger partial charge on any atom is -0.467 e. The van der Waals surface area contributed by atoms with Crippen molar-refractivity contribution in [2.24, 2.45) is 5.73 Å². The molecule has 0 amide bonds. The van der Waals surface area contributed by atoms with Crippen molar-refractivity contribution >= 4 is 5.82 Å². The lowest BCUT2D eigenvalue weighted by Crippen LogP contribution is -2.13. The van der Waals surface area contributed by atoms with Gasteiger partial charge in [0.2, 0.25) is 0 Å². The molecule has 0 spiro atoms. The molecular weight excluding hydrogens is 276 g/mol. The Morgan fingerprint density at radius 3 is 2.68 bits per heavy atom. The molecule has 112 valence electrons. The van der Waals surface area contributed by atoms with Gasteiger partial charge in [-0.15, -0.1) is 0 Å². The first-order valence-electron chi connectivity index (χ1n) is 7.22. The van der Waals surface area contributed by atoms with Gasteiger partial charge in [0.15, 0.2) is 0 Å². The summed E-state index contributed by atoms with van der Waals surface area (Å²) in [6, 6.07) is 15.8. The number of nitrogens with two attached hydrogens (primary N) is 1. The maximum Gasteiger partial charge on any atom is 0.130 e. The SMILES string of the molecule is NCCc1cc(NC(c2ccccc2)c2ccco2)ncn1. The van der Waals surface area contributed by atoms with Crippen LogP contribution < -0.4 is 11.1 Å². The number of anilines is 1. The van der Waals surface area contributed by atoms with Crippen molar-refractivity contribution in [2.45, 2.75) is 12.5 Å². The van der Waals surface area contributed by atoms with Crippen LogP contribution in [0.3, 0.4) is 0 Å². The zero-order chi connectivity index (χ0) is 15.2. The summed E-state index contributed by atoms with van der Waals surface area (Å²) in [4.78, 5) is 8.51. The van der Waals surface area contributed by atoms with E-state index < -0.39 is 0 Å². The highest BCUT2D eigenvalue weighted by molar-refractivity contribution is 5.42. The van der Waals surface area contributed by atoms with Gasteiger partial charge >= 0.3 is 0 Å². The van der Waals surface area contributed by atoms with Crippen LogP contribution in [0, 0.1) is 0 Å². The largest absolute Gasteiger partial charge is 0.467 e. The fraction of sp³-hybridized carbons (Fsp3) is 0.176. The van der Waals surface area contributed by atoms with Gasteiger partial charge in [-0.05, 0) is 24.2 Å². The molecule has 3 aromatic rings. The molecular formula is C17H18N4O. The van der Waals surface area contributed by atoms with E-state index >= 15 is 0 Å². The van der Waals surface area contributed by atoms with Crippen molar-refractivity contribution in [3.05, 3.63) is 78.1 Å². The number of nitrogens with zero attached hydrogens (tertiary/aromatic N) is 2. The van der Waals surface area contributed by atoms with Crippen LogP contribution in [0.15, 0.2) is 65.5 Å². The van der Waals surface area contributed by atoms with Crippen molar-refractivity contribution in [1.29, 1.82) is 0 Å². The van der Waals surface area contributed by atoms with Crippen LogP contribution in [0.1, 0.15) is 23.1 Å². The highest BCUT2D eigenvalue weighted by atomic mass is 16.3. The van der Waals surface area contributed by atoms with Gasteiger partial charge in [0.1, 0.15) is 23.9 Å². The van der Waals surface area contributed by atoms with Crippen LogP contribution in [-0.4, -0.2) is 16.5 Å². The number of rotatable bonds is 6. The molecule has 3 N–H and O–H groups in total. The Morgan fingerprint density at radius 2 is 1.95 bits per heavy atom. The summed E-state index contributed by atoms with van der Waals surface area (Å²) in [6.07, 6.45) is 3.96. The number of hydrogen-bond donors (Lipinski definition) is 2. The minimum absolute atomic E-state index is 0.100. The first-order valence-corrected chi connectivity index (χ1v) is 7.22. The van der Waals surface area contributed by atoms with Gasteiger partial charge < -0.3 is 15.5 Å². The van der Waals surface area contributed by atoms with Gasteiger partial charge in [0.05, 0.1) is 6.26 Å². The molecule has 5 heteroatoms. The Labute approximate surface area is 129 Å². The zero-order valence-corrected chi connectivity index (χ0v) is 12.1. The number of furan rings is 1. The van der Waals surface area contributed by atoms with Crippen LogP contribution in [0.5, 0.6) is 0 Å². The van der Waals surface area contributed by atoms with Crippen LogP contribution in [0.25, 0.3) is 0 Å². The smallest absolute Gasteiger partial charge is 0.130 e. The topological polar surface area (TPSA) is 77.0 Å². The molecule has 5 nitrogen and oxygen atoms in total. The van der Waals surface area contributed by atoms with Gasteiger partial charge in [0, 0.05) is 18.2 Å². The van der Waals surface area contributed by atoms with Gasteiger partial charge in [-0.25, -0.2) is 9.97 Å². The fourth-order valence-electron chi connectivity index (χ4n) is 2.33. The second kappa shape index (κ2) is 6.87. The number of hydrogen-bond acceptors (Lipinski definition) is 5. The Balaban J connectivity index is 1.89. The summed E-state index contributed by atoms with van der Waals surface area (Å²) in [5.74, 6) is 1.59. The predicted molar refractivity (Wildman–Crippen MR) is 85.4 cm³/mol. The second-order valence-corrected chi connectivity index (χ2v) is 4.94. The molecule has 1 atom stereocenters. The van der Waals surface area contributed by atoms with Crippen LogP contribution >= 0.6 is 0 Å². The lowest BCUT2D eigenvalue weighted by Gasteiger charge is -2.18. The van der Waals surface area contributed by atoms with Crippen molar-refractivity contribution in [3.8, 4) is 0 Å². The summed E-state index contributed by atoms with van der Waals surface area (Å²) >= 11 is 0. The molecule has 2 heterocycles. The van der Waals surface area contributed by atoms with E-state index in [0.717, 1.165) is 29.3 Å². The monoisotopic (exact) mass is 294 g/mol. The van der Waals surface area contributed by atoms with E-state index in [-0.39, 0.29) is 6.04 Å². The van der Waals surface area contributed by atoms with Crippen molar-refractivity contribution in [1.82, 2.24) is 9.97 Å². The molecule has 0 aliphatic rings. The Morgan fingerprint density at radius 1 is 1.09 bits per heavy atom. The molecule has 0 bridgehead atoms. The van der Waals surface area contributed by atoms with Gasteiger partial charge in [0.25, 0.3) is 0 Å². The van der Waals surface area contributed by atoms with E-state index in [4.69, 9.17) is 10.2 Å². The number of benzene rings is 1. The third-order valence-electron chi connectivity index (χ3n) is 3.38. The Kier molecular flexibility index (Phi) is 4.46. The lowest BCUT2D eigenvalue weighted by molar-refractivity contribution is 0.498. The molecule has 0 aliphatic heterocycles. The van der Waals surface area contributed by atoms with Crippen molar-refractivity contribution < 1.29 is 4.42 Å². The maximum atomic E-state index is 5.58. The Bertz CT molecular complexity index is 698. The standard InChI is InChI=1S/C17H18N4O/c18-9-8-14-11-16(20-12-19-14)21-17(15-7-4-10-22-15)13-5-2-1-3-6-13/h1-7,10-12,17H,8-9,18H2,(H,19,20,21). The fourth-order valence-corrected chi connectivity index (χ4v) is 2.33. The van der Waals surface area contributed by atoms with E-state index in [0.29, 0.717) is 6.54 Å². The van der Waals surface area contributed by atoms with Crippen LogP contribution in [-0.2, 0) is 6.42 Å². The minimum atomic E-state index is -0.100. The Hall–Kier alpha value is -2.66. The van der Waals surface area contributed by atoms with E-state index in [1.54, 1.807) is 12.6 Å². The third kappa shape index (κ3) is 3.32. The van der Waals surface area contributed by atoms with Gasteiger partial charge in [-0.2, -0.15) is 0 Å². The summed E-state index contributed by atoms with van der Waals surface area (Å²) in [7, 11) is 0. The summed E-state index contributed by atoms with van der Waals surface area (Å²) in [5.41, 5.74) is 7.61. The molecule has 0 fully saturated rings. The quantitative estimate of drug-likeness (QED) is 0.731. The summed E-state index contributed by atoms with van der Waals surface area (Å²) in [5, 5.41) is 3.41. The van der Waals surface area contributed by atoms with E-state index in [2.05, 4.69) is 27.4 Å². The van der Waals surface area contributed by atoms with Crippen LogP contribution in [0.4, 0.5) is 5.82 Å². The zero-order valence-electron chi connectivity index (χ0n) is 12.1. The predicted octanol–water partition coefficient (Wildman–Crippen LogP) is 2.77. The molecule has 0 aliphatic carbocycles. The average Bonchev–Trinajstić information content (AvgIpc) is 3.08. The van der Waals surface area contributed by atoms with Crippen LogP contribution in [0.2, 0.25) is 0 Å². The van der Waals surface area contributed by atoms with Crippen molar-refractivity contribution in [2.75, 3.05) is 11.9 Å². The number of aromatic nitrogens is 2. The highest BCUT2D eigenvalue weighted by Crippen LogP contribution is 2.26. The molecule has 3 rings (SSSR count). The molecule has 22 heavy (non-hydrogen) atoms. The molecule has 1 unspecified atom stereocenters. The van der Waals surface area contributed by atoms with Crippen molar-refractivity contribution in [3.63, 3.8) is 0 Å². The highest BCUT2D eigenvalue weighted by Gasteiger charge is 2.17. The van der Waals surface area contributed by atoms with E-state index in [1.807, 2.05) is 36.4 Å². The maximum absolute atomic E-state index is 5.58. The summed E-state index contributed by atoms with van der Waals surface area (Å²) < 4.78 is 5.57. The average molecular weight is 294 g/mol. The molecule has 0 saturated heterocycles. The first kappa shape index (κ1) is 14.3. The molecule has 1 aromatic carbocycles. The van der Waals surface area contributed by atoms with E-state index in [1.165, 1.54) is 0 Å². The number of nitrogens with one attached hydrogen (secondary N) is 1.